The highest BCUT2D eigenvalue weighted by molar-refractivity contribution is 7.87. The summed E-state index contributed by atoms with van der Waals surface area (Å²) in [7, 11) is -2.48. The lowest BCUT2D eigenvalue weighted by Crippen LogP contribution is -2.61. The molecule has 0 saturated carbocycles. The SMILES string of the molecule is CN(Cc1ccc(Cl)cc1)C(=O)N1CCN(S(=O)(=O)N[C@](C)(O)C(N)=O)CC1. The second kappa shape index (κ2) is 8.62. The van der Waals surface area contributed by atoms with Crippen LogP contribution < -0.4 is 10.5 Å². The van der Waals surface area contributed by atoms with Gasteiger partial charge in [0.25, 0.3) is 16.1 Å². The largest absolute Gasteiger partial charge is 0.367 e. The third-order valence-electron chi connectivity index (χ3n) is 4.32. The molecule has 3 amide bonds. The Morgan fingerprint density at radius 1 is 1.25 bits per heavy atom. The summed E-state index contributed by atoms with van der Waals surface area (Å²) in [5.74, 6) is -1.21. The van der Waals surface area contributed by atoms with Crippen molar-refractivity contribution in [2.45, 2.75) is 19.2 Å². The number of hydrogen-bond acceptors (Lipinski definition) is 5. The number of urea groups is 1. The first kappa shape index (κ1) is 22.4. The Balaban J connectivity index is 1.92. The summed E-state index contributed by atoms with van der Waals surface area (Å²) in [6.45, 7) is 1.72. The summed E-state index contributed by atoms with van der Waals surface area (Å²) in [6.07, 6.45) is 0. The van der Waals surface area contributed by atoms with Gasteiger partial charge in [0.05, 0.1) is 0 Å². The van der Waals surface area contributed by atoms with E-state index in [0.29, 0.717) is 11.6 Å². The van der Waals surface area contributed by atoms with Crippen LogP contribution in [0.1, 0.15) is 12.5 Å². The van der Waals surface area contributed by atoms with Crippen LogP contribution in [0.4, 0.5) is 4.79 Å². The van der Waals surface area contributed by atoms with Gasteiger partial charge in [0, 0.05) is 44.8 Å². The quantitative estimate of drug-likeness (QED) is 0.521. The van der Waals surface area contributed by atoms with Crippen LogP contribution in [0.15, 0.2) is 24.3 Å². The molecule has 0 spiro atoms. The molecule has 1 heterocycles. The van der Waals surface area contributed by atoms with Crippen molar-refractivity contribution < 1.29 is 23.1 Å². The molecule has 12 heteroatoms. The number of primary amides is 1. The molecule has 1 saturated heterocycles. The van der Waals surface area contributed by atoms with Crippen molar-refractivity contribution in [1.82, 2.24) is 18.8 Å². The van der Waals surface area contributed by atoms with Crippen molar-refractivity contribution in [3.63, 3.8) is 0 Å². The molecule has 28 heavy (non-hydrogen) atoms. The number of benzene rings is 1. The maximum absolute atomic E-state index is 12.6. The number of aliphatic hydroxyl groups is 1. The first-order valence-corrected chi connectivity index (χ1v) is 10.3. The van der Waals surface area contributed by atoms with Gasteiger partial charge in [-0.25, -0.2) is 4.79 Å². The Bertz CT molecular complexity index is 822. The summed E-state index contributed by atoms with van der Waals surface area (Å²) in [5.41, 5.74) is 3.49. The lowest BCUT2D eigenvalue weighted by molar-refractivity contribution is -0.135. The zero-order valence-corrected chi connectivity index (χ0v) is 17.2. The Hall–Kier alpha value is -1.92. The van der Waals surface area contributed by atoms with E-state index in [0.717, 1.165) is 16.8 Å². The molecule has 1 atom stereocenters. The molecule has 4 N–H and O–H groups in total. The Labute approximate surface area is 169 Å². The third-order valence-corrected chi connectivity index (χ3v) is 6.27. The van der Waals surface area contributed by atoms with Crippen LogP contribution >= 0.6 is 11.6 Å². The van der Waals surface area contributed by atoms with Gasteiger partial charge in [0.2, 0.25) is 5.72 Å². The fourth-order valence-corrected chi connectivity index (χ4v) is 4.16. The van der Waals surface area contributed by atoms with Gasteiger partial charge >= 0.3 is 6.03 Å². The normalized spacial score (nSPS) is 17.8. The number of amides is 3. The van der Waals surface area contributed by atoms with Gasteiger partial charge in [0.1, 0.15) is 0 Å². The number of halogens is 1. The van der Waals surface area contributed by atoms with Crippen molar-refractivity contribution in [2.75, 3.05) is 33.2 Å². The summed E-state index contributed by atoms with van der Waals surface area (Å²) in [6, 6.07) is 6.91. The molecular weight excluding hydrogens is 410 g/mol. The number of carbonyl (C=O) groups is 2. The first-order valence-electron chi connectivity index (χ1n) is 8.48. The number of hydrogen-bond donors (Lipinski definition) is 3. The van der Waals surface area contributed by atoms with E-state index in [1.165, 1.54) is 9.80 Å². The number of nitrogens with one attached hydrogen (secondary N) is 1. The zero-order valence-electron chi connectivity index (χ0n) is 15.6. The van der Waals surface area contributed by atoms with Crippen molar-refractivity contribution in [3.8, 4) is 0 Å². The number of nitrogens with zero attached hydrogens (tertiary/aromatic N) is 3. The van der Waals surface area contributed by atoms with Crippen LogP contribution in [0.2, 0.25) is 5.02 Å². The highest BCUT2D eigenvalue weighted by Gasteiger charge is 2.37. The smallest absolute Gasteiger partial charge is 0.320 e. The van der Waals surface area contributed by atoms with Crippen LogP contribution in [-0.2, 0) is 21.5 Å². The molecule has 1 aliphatic heterocycles. The molecule has 156 valence electrons. The molecule has 10 nitrogen and oxygen atoms in total. The van der Waals surface area contributed by atoms with Crippen molar-refractivity contribution >= 4 is 33.7 Å². The predicted octanol–water partition coefficient (Wildman–Crippen LogP) is -0.462. The number of nitrogens with two attached hydrogens (primary N) is 1. The van der Waals surface area contributed by atoms with Gasteiger partial charge in [-0.05, 0) is 24.6 Å². The lowest BCUT2D eigenvalue weighted by Gasteiger charge is -2.36. The van der Waals surface area contributed by atoms with E-state index in [1.807, 2.05) is 16.9 Å². The molecule has 1 aliphatic rings. The fourth-order valence-electron chi connectivity index (χ4n) is 2.66. The monoisotopic (exact) mass is 433 g/mol. The minimum Gasteiger partial charge on any atom is -0.367 e. The molecule has 1 aromatic carbocycles. The Morgan fingerprint density at radius 2 is 1.79 bits per heavy atom. The number of piperazine rings is 1. The topological polar surface area (TPSA) is 136 Å². The maximum Gasteiger partial charge on any atom is 0.320 e. The highest BCUT2D eigenvalue weighted by Crippen LogP contribution is 2.14. The summed E-state index contributed by atoms with van der Waals surface area (Å²) < 4.78 is 27.5. The molecule has 1 fully saturated rings. The van der Waals surface area contributed by atoms with E-state index in [2.05, 4.69) is 0 Å². The average Bonchev–Trinajstić information content (AvgIpc) is 2.62. The minimum atomic E-state index is -4.14. The molecule has 0 aromatic heterocycles. The van der Waals surface area contributed by atoms with Gasteiger partial charge < -0.3 is 20.6 Å². The molecule has 2 rings (SSSR count). The standard InChI is InChI=1S/C16H24ClN5O5S/c1-16(25,14(18)23)19-28(26,27)22-9-7-21(8-10-22)15(24)20(2)11-12-3-5-13(17)6-4-12/h3-6,19,25H,7-11H2,1-2H3,(H2,18,23)/t16-/m1/s1. The van der Waals surface area contributed by atoms with Crippen LogP contribution in [0.5, 0.6) is 0 Å². The van der Waals surface area contributed by atoms with Gasteiger partial charge in [-0.15, -0.1) is 0 Å². The molecule has 0 aliphatic carbocycles. The Morgan fingerprint density at radius 3 is 2.29 bits per heavy atom. The van der Waals surface area contributed by atoms with E-state index >= 15 is 0 Å². The van der Waals surface area contributed by atoms with E-state index in [4.69, 9.17) is 17.3 Å². The van der Waals surface area contributed by atoms with Gasteiger partial charge in [-0.2, -0.15) is 17.4 Å². The third kappa shape index (κ3) is 5.55. The summed E-state index contributed by atoms with van der Waals surface area (Å²) >= 11 is 5.85. The van der Waals surface area contributed by atoms with Gasteiger partial charge in [-0.3, -0.25) is 4.79 Å². The summed E-state index contributed by atoms with van der Waals surface area (Å²) in [5, 5.41) is 10.4. The van der Waals surface area contributed by atoms with Crippen molar-refractivity contribution in [2.24, 2.45) is 5.73 Å². The number of carbonyl (C=O) groups excluding carboxylic acids is 2. The molecule has 0 radical (unpaired) electrons. The van der Waals surface area contributed by atoms with E-state index in [-0.39, 0.29) is 32.2 Å². The molecule has 0 unspecified atom stereocenters. The second-order valence-electron chi connectivity index (χ2n) is 6.69. The first-order chi connectivity index (χ1) is 12.9. The van der Waals surface area contributed by atoms with Crippen LogP contribution in [0.25, 0.3) is 0 Å². The zero-order chi connectivity index (χ0) is 21.1. The number of rotatable bonds is 6. The lowest BCUT2D eigenvalue weighted by atomic mass is 10.2. The van der Waals surface area contributed by atoms with Gasteiger partial charge in [-0.1, -0.05) is 23.7 Å². The van der Waals surface area contributed by atoms with Crippen LogP contribution in [-0.4, -0.2) is 78.5 Å². The van der Waals surface area contributed by atoms with Crippen LogP contribution in [0.3, 0.4) is 0 Å². The van der Waals surface area contributed by atoms with E-state index in [1.54, 1.807) is 19.2 Å². The molecule has 0 bridgehead atoms. The van der Waals surface area contributed by atoms with Crippen molar-refractivity contribution in [1.29, 1.82) is 0 Å². The fraction of sp³-hybridized carbons (Fsp3) is 0.500. The van der Waals surface area contributed by atoms with E-state index in [9.17, 15) is 23.1 Å². The van der Waals surface area contributed by atoms with Crippen LogP contribution in [0, 0.1) is 0 Å². The average molecular weight is 434 g/mol. The Kier molecular flexibility index (Phi) is 6.88. The second-order valence-corrected chi connectivity index (χ2v) is 8.80. The molecular formula is C16H24ClN5O5S. The van der Waals surface area contributed by atoms with Crippen molar-refractivity contribution in [3.05, 3.63) is 34.9 Å². The summed E-state index contributed by atoms with van der Waals surface area (Å²) in [4.78, 5) is 26.8. The maximum atomic E-state index is 12.6. The molecule has 1 aromatic rings. The predicted molar refractivity (Wildman–Crippen MR) is 103 cm³/mol. The minimum absolute atomic E-state index is 0.0186. The highest BCUT2D eigenvalue weighted by atomic mass is 35.5. The van der Waals surface area contributed by atoms with Gasteiger partial charge in [0.15, 0.2) is 0 Å². The van der Waals surface area contributed by atoms with E-state index < -0.39 is 21.8 Å².